The van der Waals surface area contributed by atoms with Crippen molar-refractivity contribution in [1.29, 1.82) is 0 Å². The Labute approximate surface area is 123 Å². The highest BCUT2D eigenvalue weighted by atomic mass is 19.1. The van der Waals surface area contributed by atoms with Gasteiger partial charge in [0.15, 0.2) is 0 Å². The Kier molecular flexibility index (Phi) is 5.38. The second kappa shape index (κ2) is 7.26. The van der Waals surface area contributed by atoms with Crippen molar-refractivity contribution in [3.05, 3.63) is 29.6 Å². The Bertz CT molecular complexity index is 496. The smallest absolute Gasteiger partial charge is 0.315 e. The zero-order valence-electron chi connectivity index (χ0n) is 12.1. The Morgan fingerprint density at radius 1 is 1.57 bits per heavy atom. The van der Waals surface area contributed by atoms with Gasteiger partial charge in [0.1, 0.15) is 11.6 Å². The summed E-state index contributed by atoms with van der Waals surface area (Å²) in [5.74, 6) is 0.136. The van der Waals surface area contributed by atoms with E-state index in [1.165, 1.54) is 12.1 Å². The number of aliphatic hydroxyl groups is 1. The van der Waals surface area contributed by atoms with Gasteiger partial charge in [0.05, 0.1) is 12.6 Å². The molecule has 3 N–H and O–H groups in total. The lowest BCUT2D eigenvalue weighted by atomic mass is 10.0. The van der Waals surface area contributed by atoms with Crippen LogP contribution >= 0.6 is 0 Å². The molecule has 0 aromatic heterocycles. The predicted octanol–water partition coefficient (Wildman–Crippen LogP) is 2.11. The number of rotatable bonds is 4. The number of ether oxygens (including phenoxy) is 1. The van der Waals surface area contributed by atoms with Gasteiger partial charge < -0.3 is 20.5 Å². The van der Waals surface area contributed by atoms with Gasteiger partial charge in [0, 0.05) is 24.3 Å². The molecule has 116 valence electrons. The van der Waals surface area contributed by atoms with Crippen LogP contribution in [0.2, 0.25) is 0 Å². The van der Waals surface area contributed by atoms with E-state index in [2.05, 4.69) is 10.6 Å². The Morgan fingerprint density at radius 3 is 3.14 bits per heavy atom. The number of nitrogens with one attached hydrogen (secondary N) is 2. The third kappa shape index (κ3) is 4.32. The molecule has 0 spiro atoms. The van der Waals surface area contributed by atoms with Crippen LogP contribution in [0.1, 0.15) is 37.8 Å². The highest BCUT2D eigenvalue weighted by molar-refractivity contribution is 5.74. The third-order valence-electron chi connectivity index (χ3n) is 3.49. The normalized spacial score (nSPS) is 18.9. The highest BCUT2D eigenvalue weighted by Gasteiger charge is 2.22. The molecule has 1 heterocycles. The average molecular weight is 296 g/mol. The van der Waals surface area contributed by atoms with Crippen molar-refractivity contribution in [2.75, 3.05) is 13.2 Å². The van der Waals surface area contributed by atoms with Crippen molar-refractivity contribution >= 4 is 6.03 Å². The molecule has 2 rings (SSSR count). The van der Waals surface area contributed by atoms with E-state index in [0.29, 0.717) is 18.8 Å². The van der Waals surface area contributed by atoms with E-state index in [0.717, 1.165) is 18.4 Å². The predicted molar refractivity (Wildman–Crippen MR) is 76.7 cm³/mol. The first-order valence-electron chi connectivity index (χ1n) is 7.20. The highest BCUT2D eigenvalue weighted by Crippen LogP contribution is 2.31. The molecule has 1 aromatic rings. The zero-order chi connectivity index (χ0) is 15.2. The fraction of sp³-hybridized carbons (Fsp3) is 0.533. The maximum absolute atomic E-state index is 13.3. The monoisotopic (exact) mass is 296 g/mol. The topological polar surface area (TPSA) is 70.6 Å². The number of carbonyl (C=O) groups is 1. The van der Waals surface area contributed by atoms with E-state index in [1.807, 2.05) is 6.92 Å². The van der Waals surface area contributed by atoms with Crippen molar-refractivity contribution < 1.29 is 19.0 Å². The van der Waals surface area contributed by atoms with Crippen LogP contribution in [-0.2, 0) is 0 Å². The molecule has 0 saturated carbocycles. The quantitative estimate of drug-likeness (QED) is 0.797. The number of hydrogen-bond acceptors (Lipinski definition) is 3. The molecule has 0 fully saturated rings. The first-order chi connectivity index (χ1) is 10.1. The van der Waals surface area contributed by atoms with Crippen LogP contribution in [0.5, 0.6) is 5.75 Å². The van der Waals surface area contributed by atoms with Gasteiger partial charge in [-0.2, -0.15) is 0 Å². The van der Waals surface area contributed by atoms with Gasteiger partial charge in [-0.15, -0.1) is 0 Å². The van der Waals surface area contributed by atoms with Crippen LogP contribution in [0.15, 0.2) is 18.2 Å². The van der Waals surface area contributed by atoms with Crippen molar-refractivity contribution in [2.24, 2.45) is 0 Å². The Morgan fingerprint density at radius 2 is 2.38 bits per heavy atom. The Hall–Kier alpha value is -1.82. The number of fused-ring (bicyclic) bond motifs is 1. The molecule has 2 unspecified atom stereocenters. The molecule has 21 heavy (non-hydrogen) atoms. The van der Waals surface area contributed by atoms with Crippen LogP contribution in [0.4, 0.5) is 9.18 Å². The van der Waals surface area contributed by atoms with Gasteiger partial charge in [0.2, 0.25) is 0 Å². The van der Waals surface area contributed by atoms with E-state index in [9.17, 15) is 9.18 Å². The number of carbonyl (C=O) groups excluding carboxylic acids is 1. The number of urea groups is 1. The van der Waals surface area contributed by atoms with Crippen molar-refractivity contribution in [3.8, 4) is 5.75 Å². The summed E-state index contributed by atoms with van der Waals surface area (Å²) in [7, 11) is 0. The summed E-state index contributed by atoms with van der Waals surface area (Å²) in [6, 6.07) is 3.76. The molecule has 1 aliphatic heterocycles. The fourth-order valence-electron chi connectivity index (χ4n) is 2.39. The fourth-order valence-corrected chi connectivity index (χ4v) is 2.39. The zero-order valence-corrected chi connectivity index (χ0v) is 12.1. The van der Waals surface area contributed by atoms with Crippen molar-refractivity contribution in [1.82, 2.24) is 10.6 Å². The SMILES string of the molecule is CC(CCO)NC(=O)NC1CCCOc2cc(F)ccc21. The maximum atomic E-state index is 13.3. The molecule has 1 aliphatic rings. The van der Waals surface area contributed by atoms with E-state index < -0.39 is 0 Å². The molecule has 6 heteroatoms. The van der Waals surface area contributed by atoms with Gasteiger partial charge in [-0.25, -0.2) is 9.18 Å². The summed E-state index contributed by atoms with van der Waals surface area (Å²) < 4.78 is 18.8. The summed E-state index contributed by atoms with van der Waals surface area (Å²) in [6.07, 6.45) is 2.02. The van der Waals surface area contributed by atoms with E-state index in [4.69, 9.17) is 9.84 Å². The molecule has 0 aliphatic carbocycles. The van der Waals surface area contributed by atoms with E-state index in [1.54, 1.807) is 6.07 Å². The lowest BCUT2D eigenvalue weighted by Gasteiger charge is -2.20. The second-order valence-electron chi connectivity index (χ2n) is 5.26. The van der Waals surface area contributed by atoms with Gasteiger partial charge in [-0.1, -0.05) is 6.07 Å². The molecule has 0 bridgehead atoms. The van der Waals surface area contributed by atoms with Gasteiger partial charge in [-0.3, -0.25) is 0 Å². The molecule has 0 saturated heterocycles. The Balaban J connectivity index is 2.05. The summed E-state index contributed by atoms with van der Waals surface area (Å²) >= 11 is 0. The summed E-state index contributed by atoms with van der Waals surface area (Å²) in [6.45, 7) is 2.37. The second-order valence-corrected chi connectivity index (χ2v) is 5.26. The van der Waals surface area contributed by atoms with E-state index >= 15 is 0 Å². The summed E-state index contributed by atoms with van der Waals surface area (Å²) in [4.78, 5) is 12.0. The first kappa shape index (κ1) is 15.6. The standard InChI is InChI=1S/C15H21FN2O3/c1-10(6-7-19)17-15(20)18-13-3-2-8-21-14-9-11(16)4-5-12(13)14/h4-5,9-10,13,19H,2-3,6-8H2,1H3,(H2,17,18,20). The molecule has 2 amide bonds. The minimum absolute atomic E-state index is 0.0286. The number of hydrogen-bond donors (Lipinski definition) is 3. The number of benzene rings is 1. The number of halogens is 1. The molecular weight excluding hydrogens is 275 g/mol. The minimum Gasteiger partial charge on any atom is -0.493 e. The van der Waals surface area contributed by atoms with Crippen LogP contribution in [0, 0.1) is 5.82 Å². The summed E-state index contributed by atoms with van der Waals surface area (Å²) in [5.41, 5.74) is 0.791. The molecule has 5 nitrogen and oxygen atoms in total. The van der Waals surface area contributed by atoms with Crippen LogP contribution in [-0.4, -0.2) is 30.4 Å². The molecule has 1 aromatic carbocycles. The van der Waals surface area contributed by atoms with Gasteiger partial charge in [-0.05, 0) is 32.3 Å². The van der Waals surface area contributed by atoms with Gasteiger partial charge in [0.25, 0.3) is 0 Å². The molecule has 2 atom stereocenters. The van der Waals surface area contributed by atoms with Crippen LogP contribution < -0.4 is 15.4 Å². The van der Waals surface area contributed by atoms with Crippen molar-refractivity contribution in [2.45, 2.75) is 38.3 Å². The average Bonchev–Trinajstić information content (AvgIpc) is 2.61. The first-order valence-corrected chi connectivity index (χ1v) is 7.20. The van der Waals surface area contributed by atoms with Crippen LogP contribution in [0.25, 0.3) is 0 Å². The number of amides is 2. The lowest BCUT2D eigenvalue weighted by molar-refractivity contribution is 0.227. The lowest BCUT2D eigenvalue weighted by Crippen LogP contribution is -2.42. The minimum atomic E-state index is -0.351. The largest absolute Gasteiger partial charge is 0.493 e. The van der Waals surface area contributed by atoms with E-state index in [-0.39, 0.29) is 30.5 Å². The van der Waals surface area contributed by atoms with Gasteiger partial charge >= 0.3 is 6.03 Å². The van der Waals surface area contributed by atoms with Crippen LogP contribution in [0.3, 0.4) is 0 Å². The molecular formula is C15H21FN2O3. The number of aliphatic hydroxyl groups excluding tert-OH is 1. The molecule has 0 radical (unpaired) electrons. The summed E-state index contributed by atoms with van der Waals surface area (Å²) in [5, 5.41) is 14.5. The van der Waals surface area contributed by atoms with Crippen molar-refractivity contribution in [3.63, 3.8) is 0 Å². The maximum Gasteiger partial charge on any atom is 0.315 e. The third-order valence-corrected chi connectivity index (χ3v) is 3.49.